The van der Waals surface area contributed by atoms with Gasteiger partial charge >= 0.3 is 5.97 Å². The molecule has 172 valence electrons. The molecule has 0 spiro atoms. The van der Waals surface area contributed by atoms with Gasteiger partial charge in [0, 0.05) is 19.6 Å². The van der Waals surface area contributed by atoms with Crippen LogP contribution in [0.4, 0.5) is 0 Å². The number of carbonyl (C=O) groups excluding carboxylic acids is 2. The van der Waals surface area contributed by atoms with Crippen molar-refractivity contribution in [3.63, 3.8) is 0 Å². The van der Waals surface area contributed by atoms with E-state index in [1.807, 2.05) is 30.3 Å². The lowest BCUT2D eigenvalue weighted by Gasteiger charge is -2.32. The van der Waals surface area contributed by atoms with Crippen molar-refractivity contribution in [1.82, 2.24) is 9.21 Å². The second kappa shape index (κ2) is 11.2. The summed E-state index contributed by atoms with van der Waals surface area (Å²) in [5.74, 6) is -0.683. The van der Waals surface area contributed by atoms with Crippen LogP contribution >= 0.6 is 0 Å². The van der Waals surface area contributed by atoms with Crippen molar-refractivity contribution in [1.29, 1.82) is 0 Å². The third kappa shape index (κ3) is 6.17. The Labute approximate surface area is 190 Å². The highest BCUT2D eigenvalue weighted by atomic mass is 32.2. The molecule has 1 fully saturated rings. The van der Waals surface area contributed by atoms with E-state index in [9.17, 15) is 18.0 Å². The van der Waals surface area contributed by atoms with Gasteiger partial charge in [0.25, 0.3) is 0 Å². The molecule has 0 radical (unpaired) electrons. The Morgan fingerprint density at radius 3 is 2.19 bits per heavy atom. The average Bonchev–Trinajstić information content (AvgIpc) is 2.83. The van der Waals surface area contributed by atoms with E-state index in [-0.39, 0.29) is 35.8 Å². The lowest BCUT2D eigenvalue weighted by molar-refractivity contribution is -0.151. The van der Waals surface area contributed by atoms with Gasteiger partial charge in [-0.1, -0.05) is 48.5 Å². The molecular weight excluding hydrogens is 428 g/mol. The van der Waals surface area contributed by atoms with Gasteiger partial charge in [-0.05, 0) is 43.9 Å². The Morgan fingerprint density at radius 2 is 1.59 bits per heavy atom. The summed E-state index contributed by atoms with van der Waals surface area (Å²) in [4.78, 5) is 26.8. The minimum absolute atomic E-state index is 0.168. The molecule has 2 aromatic rings. The molecule has 1 saturated heterocycles. The van der Waals surface area contributed by atoms with Crippen molar-refractivity contribution in [2.45, 2.75) is 31.1 Å². The molecule has 1 aliphatic heterocycles. The molecule has 0 saturated carbocycles. The molecule has 8 heteroatoms. The van der Waals surface area contributed by atoms with Gasteiger partial charge in [0.2, 0.25) is 15.9 Å². The molecular formula is C24H30N2O5S. The van der Waals surface area contributed by atoms with Gasteiger partial charge < -0.3 is 9.64 Å². The minimum atomic E-state index is -3.82. The summed E-state index contributed by atoms with van der Waals surface area (Å²) in [5, 5.41) is 0. The third-order valence-corrected chi connectivity index (χ3v) is 7.51. The fraction of sp³-hybridized carbons (Fsp3) is 0.417. The first-order valence-electron chi connectivity index (χ1n) is 11.0. The highest BCUT2D eigenvalue weighted by Crippen LogP contribution is 2.21. The highest BCUT2D eigenvalue weighted by Gasteiger charge is 2.32. The third-order valence-electron chi connectivity index (χ3n) is 5.65. The Balaban J connectivity index is 1.69. The van der Waals surface area contributed by atoms with Crippen LogP contribution in [0.1, 0.15) is 25.3 Å². The van der Waals surface area contributed by atoms with Crippen molar-refractivity contribution >= 4 is 21.9 Å². The van der Waals surface area contributed by atoms with Crippen LogP contribution in [-0.4, -0.2) is 62.3 Å². The zero-order chi connectivity index (χ0) is 23.0. The van der Waals surface area contributed by atoms with E-state index < -0.39 is 10.0 Å². The molecule has 3 rings (SSSR count). The first-order valence-corrected chi connectivity index (χ1v) is 12.4. The van der Waals surface area contributed by atoms with E-state index in [0.717, 1.165) is 5.56 Å². The van der Waals surface area contributed by atoms with E-state index in [1.165, 1.54) is 4.31 Å². The Bertz CT molecular complexity index is 988. The quantitative estimate of drug-likeness (QED) is 0.540. The maximum Gasteiger partial charge on any atom is 0.309 e. The summed E-state index contributed by atoms with van der Waals surface area (Å²) in [6, 6.07) is 17.8. The van der Waals surface area contributed by atoms with Crippen molar-refractivity contribution < 1.29 is 22.7 Å². The number of esters is 1. The molecule has 1 amide bonds. The Kier molecular flexibility index (Phi) is 8.41. The lowest BCUT2D eigenvalue weighted by Crippen LogP contribution is -2.47. The number of sulfonamides is 1. The van der Waals surface area contributed by atoms with Crippen LogP contribution in [0.15, 0.2) is 65.6 Å². The van der Waals surface area contributed by atoms with Crippen LogP contribution < -0.4 is 0 Å². The fourth-order valence-electron chi connectivity index (χ4n) is 3.80. The normalized spacial score (nSPS) is 15.0. The number of piperidine rings is 1. The van der Waals surface area contributed by atoms with E-state index in [2.05, 4.69) is 0 Å². The second-order valence-corrected chi connectivity index (χ2v) is 9.73. The van der Waals surface area contributed by atoms with Crippen molar-refractivity contribution in [3.05, 3.63) is 66.2 Å². The molecule has 2 aromatic carbocycles. The van der Waals surface area contributed by atoms with E-state index in [0.29, 0.717) is 39.0 Å². The lowest BCUT2D eigenvalue weighted by atomic mass is 9.97. The maximum atomic E-state index is 13.3. The summed E-state index contributed by atoms with van der Waals surface area (Å²) in [6.45, 7) is 2.92. The van der Waals surface area contributed by atoms with Gasteiger partial charge in [0.05, 0.1) is 24.0 Å². The van der Waals surface area contributed by atoms with Crippen LogP contribution in [0, 0.1) is 5.92 Å². The first kappa shape index (κ1) is 23.9. The Morgan fingerprint density at radius 1 is 1.00 bits per heavy atom. The summed E-state index contributed by atoms with van der Waals surface area (Å²) in [5.41, 5.74) is 1.00. The fourth-order valence-corrected chi connectivity index (χ4v) is 5.21. The molecule has 0 N–H and O–H groups in total. The van der Waals surface area contributed by atoms with Gasteiger partial charge in [-0.15, -0.1) is 0 Å². The Hall–Kier alpha value is -2.71. The molecule has 0 bridgehead atoms. The van der Waals surface area contributed by atoms with Crippen LogP contribution in [0.3, 0.4) is 0 Å². The predicted octanol–water partition coefficient (Wildman–Crippen LogP) is 2.72. The number of rotatable bonds is 9. The summed E-state index contributed by atoms with van der Waals surface area (Å²) in [6.07, 6.45) is 1.56. The topological polar surface area (TPSA) is 84.0 Å². The van der Waals surface area contributed by atoms with Crippen molar-refractivity contribution in [2.75, 3.05) is 32.8 Å². The number of hydrogen-bond acceptors (Lipinski definition) is 5. The van der Waals surface area contributed by atoms with Gasteiger partial charge in [0.15, 0.2) is 0 Å². The number of nitrogens with zero attached hydrogens (tertiary/aromatic N) is 2. The minimum Gasteiger partial charge on any atom is -0.466 e. The van der Waals surface area contributed by atoms with Gasteiger partial charge in [0.1, 0.15) is 0 Å². The monoisotopic (exact) mass is 458 g/mol. The summed E-state index contributed by atoms with van der Waals surface area (Å²) >= 11 is 0. The summed E-state index contributed by atoms with van der Waals surface area (Å²) < 4.78 is 32.9. The van der Waals surface area contributed by atoms with Crippen molar-refractivity contribution in [2.24, 2.45) is 5.92 Å². The van der Waals surface area contributed by atoms with Crippen molar-refractivity contribution in [3.8, 4) is 0 Å². The SMILES string of the molecule is CCOC(=O)C1CCN(C(=O)CN(CCc2ccccc2)S(=O)(=O)c2ccccc2)CC1. The number of carbonyl (C=O) groups is 2. The van der Waals surface area contributed by atoms with E-state index in [1.54, 1.807) is 42.2 Å². The average molecular weight is 459 g/mol. The van der Waals surface area contributed by atoms with E-state index in [4.69, 9.17) is 4.74 Å². The standard InChI is InChI=1S/C24H30N2O5S/c1-2-31-24(28)21-14-16-25(17-15-21)23(27)19-26(18-13-20-9-5-3-6-10-20)32(29,30)22-11-7-4-8-12-22/h3-12,21H,2,13-19H2,1H3. The number of hydrogen-bond donors (Lipinski definition) is 0. The number of likely N-dealkylation sites (tertiary alicyclic amines) is 1. The van der Waals surface area contributed by atoms with Gasteiger partial charge in [-0.3, -0.25) is 9.59 Å². The predicted molar refractivity (Wildman–Crippen MR) is 121 cm³/mol. The number of ether oxygens (including phenoxy) is 1. The smallest absolute Gasteiger partial charge is 0.309 e. The van der Waals surface area contributed by atoms with Crippen LogP contribution in [0.25, 0.3) is 0 Å². The molecule has 0 aliphatic carbocycles. The summed E-state index contributed by atoms with van der Waals surface area (Å²) in [7, 11) is -3.82. The molecule has 1 heterocycles. The van der Waals surface area contributed by atoms with Gasteiger partial charge in [-0.2, -0.15) is 4.31 Å². The van der Waals surface area contributed by atoms with E-state index >= 15 is 0 Å². The molecule has 1 aliphatic rings. The second-order valence-electron chi connectivity index (χ2n) is 7.79. The largest absolute Gasteiger partial charge is 0.466 e. The molecule has 32 heavy (non-hydrogen) atoms. The number of benzene rings is 2. The zero-order valence-corrected chi connectivity index (χ0v) is 19.2. The zero-order valence-electron chi connectivity index (χ0n) is 18.4. The van der Waals surface area contributed by atoms with Gasteiger partial charge in [-0.25, -0.2) is 8.42 Å². The molecule has 0 unspecified atom stereocenters. The molecule has 0 atom stereocenters. The number of amides is 1. The highest BCUT2D eigenvalue weighted by molar-refractivity contribution is 7.89. The van der Waals surface area contributed by atoms with Crippen LogP contribution in [-0.2, 0) is 30.8 Å². The molecule has 7 nitrogen and oxygen atoms in total. The molecule has 0 aromatic heterocycles. The first-order chi connectivity index (χ1) is 15.4. The van der Waals surface area contributed by atoms with Crippen LogP contribution in [0.5, 0.6) is 0 Å². The van der Waals surface area contributed by atoms with Crippen LogP contribution in [0.2, 0.25) is 0 Å². The maximum absolute atomic E-state index is 13.3.